The molecule has 0 aromatic heterocycles. The first-order chi connectivity index (χ1) is 7.43. The molecule has 16 heavy (non-hydrogen) atoms. The van der Waals surface area contributed by atoms with Gasteiger partial charge in [-0.15, -0.1) is 11.6 Å². The number of carbonyl (C=O) groups excluding carboxylic acids is 1. The number of nitrogens with zero attached hydrogens (tertiary/aromatic N) is 1. The number of rotatable bonds is 4. The predicted octanol–water partition coefficient (Wildman–Crippen LogP) is 1.06. The predicted molar refractivity (Wildman–Crippen MR) is 56.2 cm³/mol. The van der Waals surface area contributed by atoms with Crippen molar-refractivity contribution in [2.45, 2.75) is 18.2 Å². The Morgan fingerprint density at radius 3 is 2.62 bits per heavy atom. The molecule has 0 amide bonds. The van der Waals surface area contributed by atoms with E-state index in [2.05, 4.69) is 0 Å². The summed E-state index contributed by atoms with van der Waals surface area (Å²) in [6, 6.07) is 5.72. The summed E-state index contributed by atoms with van der Waals surface area (Å²) in [5.41, 5.74) is 0.407. The first-order valence-electron chi connectivity index (χ1n) is 4.52. The van der Waals surface area contributed by atoms with Gasteiger partial charge in [0.2, 0.25) is 0 Å². The van der Waals surface area contributed by atoms with Gasteiger partial charge in [-0.1, -0.05) is 19.1 Å². The van der Waals surface area contributed by atoms with Gasteiger partial charge >= 0.3 is 0 Å². The van der Waals surface area contributed by atoms with Crippen LogP contribution in [0.3, 0.4) is 0 Å². The van der Waals surface area contributed by atoms with Gasteiger partial charge in [0.1, 0.15) is 0 Å². The number of carboxylic acid groups (broad SMARTS) is 1. The van der Waals surface area contributed by atoms with Crippen molar-refractivity contribution in [3.63, 3.8) is 0 Å². The van der Waals surface area contributed by atoms with E-state index < -0.39 is 22.2 Å². The summed E-state index contributed by atoms with van der Waals surface area (Å²) in [5, 5.41) is 19.9. The number of carboxylic acids is 1. The van der Waals surface area contributed by atoms with E-state index in [9.17, 15) is 20.0 Å². The van der Waals surface area contributed by atoms with Gasteiger partial charge in [-0.05, 0) is 5.56 Å². The highest BCUT2D eigenvalue weighted by Gasteiger charge is 2.19. The molecular formula is C10H9ClNO4-. The number of alkyl halides is 1. The van der Waals surface area contributed by atoms with Crippen LogP contribution in [0.2, 0.25) is 0 Å². The molecule has 0 saturated heterocycles. The summed E-state index contributed by atoms with van der Waals surface area (Å²) >= 11 is 5.60. The topological polar surface area (TPSA) is 83.3 Å². The van der Waals surface area contributed by atoms with Crippen molar-refractivity contribution >= 4 is 23.3 Å². The van der Waals surface area contributed by atoms with Crippen molar-refractivity contribution in [2.24, 2.45) is 0 Å². The lowest BCUT2D eigenvalue weighted by atomic mass is 9.97. The van der Waals surface area contributed by atoms with Crippen LogP contribution in [0.15, 0.2) is 24.3 Å². The normalized spacial score (nSPS) is 14.1. The van der Waals surface area contributed by atoms with E-state index in [0.717, 1.165) is 0 Å². The zero-order valence-electron chi connectivity index (χ0n) is 8.42. The summed E-state index contributed by atoms with van der Waals surface area (Å²) in [6.45, 7) is 1.58. The van der Waals surface area contributed by atoms with Gasteiger partial charge in [0.25, 0.3) is 5.69 Å². The monoisotopic (exact) mass is 242 g/mol. The number of carbonyl (C=O) groups is 1. The number of hydrogen-bond acceptors (Lipinski definition) is 4. The zero-order chi connectivity index (χ0) is 12.3. The Hall–Kier alpha value is -1.62. The van der Waals surface area contributed by atoms with Gasteiger partial charge in [-0.3, -0.25) is 10.1 Å². The number of aliphatic carboxylic acids is 1. The number of non-ortho nitro benzene ring substituents is 1. The third kappa shape index (κ3) is 2.70. The maximum absolute atomic E-state index is 10.6. The van der Waals surface area contributed by atoms with Gasteiger partial charge in [0, 0.05) is 18.1 Å². The van der Waals surface area contributed by atoms with Crippen LogP contribution in [-0.2, 0) is 4.79 Å². The second-order valence-corrected chi connectivity index (χ2v) is 3.83. The van der Waals surface area contributed by atoms with Crippen LogP contribution in [0.5, 0.6) is 0 Å². The summed E-state index contributed by atoms with van der Waals surface area (Å²) in [6.07, 6.45) is 0. The maximum atomic E-state index is 10.6. The highest BCUT2D eigenvalue weighted by Crippen LogP contribution is 2.25. The van der Waals surface area contributed by atoms with Gasteiger partial charge < -0.3 is 9.90 Å². The molecule has 1 aromatic rings. The fraction of sp³-hybridized carbons (Fsp3) is 0.300. The Labute approximate surface area is 96.8 Å². The van der Waals surface area contributed by atoms with Crippen molar-refractivity contribution in [2.75, 3.05) is 0 Å². The van der Waals surface area contributed by atoms with Crippen LogP contribution in [0.4, 0.5) is 5.69 Å². The molecule has 0 aliphatic carbocycles. The smallest absolute Gasteiger partial charge is 0.269 e. The van der Waals surface area contributed by atoms with Crippen LogP contribution in [-0.4, -0.2) is 16.3 Å². The average Bonchev–Trinajstić information content (AvgIpc) is 2.27. The molecule has 0 aliphatic rings. The van der Waals surface area contributed by atoms with Crippen molar-refractivity contribution < 1.29 is 14.8 Å². The highest BCUT2D eigenvalue weighted by molar-refractivity contribution is 6.29. The largest absolute Gasteiger partial charge is 0.549 e. The summed E-state index contributed by atoms with van der Waals surface area (Å²) < 4.78 is 0. The summed E-state index contributed by atoms with van der Waals surface area (Å²) in [4.78, 5) is 20.5. The van der Waals surface area contributed by atoms with E-state index >= 15 is 0 Å². The van der Waals surface area contributed by atoms with Crippen molar-refractivity contribution in [3.05, 3.63) is 39.9 Å². The van der Waals surface area contributed by atoms with E-state index in [-0.39, 0.29) is 5.69 Å². The standard InChI is InChI=1S/C10H10ClNO4/c1-6(9(11)10(13)14)7-3-2-4-8(5-7)12(15)16/h2-6,9H,1H3,(H,13,14)/p-1. The van der Waals surface area contributed by atoms with Crippen molar-refractivity contribution in [1.82, 2.24) is 0 Å². The lowest BCUT2D eigenvalue weighted by molar-refractivity contribution is -0.384. The minimum atomic E-state index is -1.39. The molecule has 0 bridgehead atoms. The van der Waals surface area contributed by atoms with Gasteiger partial charge in [0.05, 0.1) is 16.3 Å². The first kappa shape index (κ1) is 12.4. The van der Waals surface area contributed by atoms with E-state index in [1.807, 2.05) is 0 Å². The molecule has 1 rings (SSSR count). The second kappa shape index (κ2) is 4.94. The molecule has 0 saturated carbocycles. The van der Waals surface area contributed by atoms with E-state index in [0.29, 0.717) is 5.56 Å². The second-order valence-electron chi connectivity index (χ2n) is 3.36. The number of benzene rings is 1. The van der Waals surface area contributed by atoms with Crippen LogP contribution in [0.25, 0.3) is 0 Å². The third-order valence-electron chi connectivity index (χ3n) is 2.27. The zero-order valence-corrected chi connectivity index (χ0v) is 9.18. The Balaban J connectivity index is 3.00. The van der Waals surface area contributed by atoms with Crippen LogP contribution in [0.1, 0.15) is 18.4 Å². The third-order valence-corrected chi connectivity index (χ3v) is 2.83. The summed E-state index contributed by atoms with van der Waals surface area (Å²) in [5.74, 6) is -1.94. The minimum Gasteiger partial charge on any atom is -0.549 e. The molecule has 0 fully saturated rings. The minimum absolute atomic E-state index is 0.0911. The molecule has 0 aliphatic heterocycles. The highest BCUT2D eigenvalue weighted by atomic mass is 35.5. The average molecular weight is 243 g/mol. The van der Waals surface area contributed by atoms with Crippen LogP contribution in [0, 0.1) is 10.1 Å². The molecule has 86 valence electrons. The lowest BCUT2D eigenvalue weighted by Crippen LogP contribution is -2.35. The Morgan fingerprint density at radius 1 is 1.50 bits per heavy atom. The Bertz CT molecular complexity index is 421. The number of nitro benzene ring substituents is 1. The molecule has 0 heterocycles. The van der Waals surface area contributed by atoms with Crippen LogP contribution >= 0.6 is 11.6 Å². The number of halogens is 1. The van der Waals surface area contributed by atoms with Crippen LogP contribution < -0.4 is 5.11 Å². The molecule has 1 aromatic carbocycles. The van der Waals surface area contributed by atoms with Crippen molar-refractivity contribution in [1.29, 1.82) is 0 Å². The molecule has 2 unspecified atom stereocenters. The molecule has 0 N–H and O–H groups in total. The van der Waals surface area contributed by atoms with Crippen molar-refractivity contribution in [3.8, 4) is 0 Å². The number of nitro groups is 1. The number of hydrogen-bond donors (Lipinski definition) is 0. The fourth-order valence-electron chi connectivity index (χ4n) is 1.29. The van der Waals surface area contributed by atoms with E-state index in [4.69, 9.17) is 11.6 Å². The Kier molecular flexibility index (Phi) is 3.84. The maximum Gasteiger partial charge on any atom is 0.269 e. The Morgan fingerprint density at radius 2 is 2.12 bits per heavy atom. The fourth-order valence-corrected chi connectivity index (χ4v) is 1.44. The molecule has 2 atom stereocenters. The first-order valence-corrected chi connectivity index (χ1v) is 4.96. The van der Waals surface area contributed by atoms with E-state index in [1.165, 1.54) is 18.2 Å². The lowest BCUT2D eigenvalue weighted by Gasteiger charge is -2.18. The SMILES string of the molecule is CC(c1cccc([N+](=O)[O-])c1)C(Cl)C(=O)[O-]. The van der Waals surface area contributed by atoms with E-state index in [1.54, 1.807) is 13.0 Å². The van der Waals surface area contributed by atoms with Gasteiger partial charge in [-0.2, -0.15) is 0 Å². The summed E-state index contributed by atoms with van der Waals surface area (Å²) in [7, 11) is 0. The van der Waals surface area contributed by atoms with Gasteiger partial charge in [0.15, 0.2) is 0 Å². The molecule has 0 radical (unpaired) electrons. The molecular weight excluding hydrogens is 234 g/mol. The molecule has 5 nitrogen and oxygen atoms in total. The molecule has 6 heteroatoms. The molecule has 0 spiro atoms. The quantitative estimate of drug-likeness (QED) is 0.449. The van der Waals surface area contributed by atoms with Gasteiger partial charge in [-0.25, -0.2) is 0 Å².